The van der Waals surface area contributed by atoms with Crippen LogP contribution in [0.3, 0.4) is 0 Å². The van der Waals surface area contributed by atoms with Gasteiger partial charge < -0.3 is 14.8 Å². The molecule has 0 heterocycles. The summed E-state index contributed by atoms with van der Waals surface area (Å²) in [7, 11) is -1.47. The Bertz CT molecular complexity index is 823. The maximum absolute atomic E-state index is 11.1. The molecule has 154 valence electrons. The van der Waals surface area contributed by atoms with Gasteiger partial charge in [-0.3, -0.25) is 0 Å². The first kappa shape index (κ1) is 22.2. The number of para-hydroxylation sites is 1. The van der Waals surface area contributed by atoms with Crippen molar-refractivity contribution in [3.8, 4) is 11.5 Å². The number of rotatable bonds is 12. The van der Waals surface area contributed by atoms with Gasteiger partial charge in [-0.05, 0) is 49.1 Å². The summed E-state index contributed by atoms with van der Waals surface area (Å²) in [5, 5.41) is 3.29. The van der Waals surface area contributed by atoms with Crippen molar-refractivity contribution in [3.63, 3.8) is 0 Å². The molecule has 28 heavy (non-hydrogen) atoms. The molecule has 7 heteroatoms. The number of hydrogen-bond acceptors (Lipinski definition) is 5. The molecule has 0 aliphatic carbocycles. The van der Waals surface area contributed by atoms with E-state index in [0.717, 1.165) is 36.2 Å². The topological polar surface area (TPSA) is 76.7 Å². The number of aryl methyl sites for hydroxylation is 1. The Labute approximate surface area is 168 Å². The third kappa shape index (κ3) is 8.29. The minimum absolute atomic E-state index is 0.0422. The first-order valence-electron chi connectivity index (χ1n) is 9.39. The molecule has 2 N–H and O–H groups in total. The molecular formula is C21H30N2O4S. The Hall–Kier alpha value is -2.09. The van der Waals surface area contributed by atoms with E-state index in [4.69, 9.17) is 9.47 Å². The SMILES string of the molecule is COc1ccccc1CCCOc1ccc(CNC(C)CNS(C)(=O)=O)cc1. The van der Waals surface area contributed by atoms with E-state index in [1.54, 1.807) is 7.11 Å². The summed E-state index contributed by atoms with van der Waals surface area (Å²) in [6, 6.07) is 16.0. The van der Waals surface area contributed by atoms with Crippen molar-refractivity contribution in [3.05, 3.63) is 59.7 Å². The molecule has 0 amide bonds. The summed E-state index contributed by atoms with van der Waals surface area (Å²) in [6.45, 7) is 3.62. The molecule has 0 saturated carbocycles. The van der Waals surface area contributed by atoms with Gasteiger partial charge in [-0.15, -0.1) is 0 Å². The van der Waals surface area contributed by atoms with Crippen molar-refractivity contribution in [1.82, 2.24) is 10.0 Å². The van der Waals surface area contributed by atoms with E-state index in [1.807, 2.05) is 49.4 Å². The molecular weight excluding hydrogens is 376 g/mol. The summed E-state index contributed by atoms with van der Waals surface area (Å²) in [6.07, 6.45) is 2.98. The van der Waals surface area contributed by atoms with Crippen LogP contribution in [-0.4, -0.2) is 41.0 Å². The second-order valence-electron chi connectivity index (χ2n) is 6.81. The van der Waals surface area contributed by atoms with E-state index in [9.17, 15) is 8.42 Å². The van der Waals surface area contributed by atoms with Crippen molar-refractivity contribution >= 4 is 10.0 Å². The summed E-state index contributed by atoms with van der Waals surface area (Å²) < 4.78 is 35.9. The van der Waals surface area contributed by atoms with Gasteiger partial charge in [0.2, 0.25) is 10.0 Å². The molecule has 2 aromatic rings. The quantitative estimate of drug-likeness (QED) is 0.530. The van der Waals surface area contributed by atoms with Crippen LogP contribution in [0.15, 0.2) is 48.5 Å². The van der Waals surface area contributed by atoms with Crippen LogP contribution in [0.1, 0.15) is 24.5 Å². The molecule has 2 rings (SSSR count). The maximum Gasteiger partial charge on any atom is 0.208 e. The number of hydrogen-bond donors (Lipinski definition) is 2. The van der Waals surface area contributed by atoms with Crippen molar-refractivity contribution in [2.75, 3.05) is 26.5 Å². The van der Waals surface area contributed by atoms with Crippen LogP contribution < -0.4 is 19.5 Å². The third-order valence-corrected chi connectivity index (χ3v) is 4.97. The monoisotopic (exact) mass is 406 g/mol. The van der Waals surface area contributed by atoms with Crippen LogP contribution in [0.4, 0.5) is 0 Å². The lowest BCUT2D eigenvalue weighted by atomic mass is 10.1. The highest BCUT2D eigenvalue weighted by molar-refractivity contribution is 7.88. The smallest absolute Gasteiger partial charge is 0.208 e. The fraction of sp³-hybridized carbons (Fsp3) is 0.429. The van der Waals surface area contributed by atoms with Crippen LogP contribution >= 0.6 is 0 Å². The second kappa shape index (κ2) is 11.0. The number of ether oxygens (including phenoxy) is 2. The van der Waals surface area contributed by atoms with Gasteiger partial charge in [-0.25, -0.2) is 13.1 Å². The molecule has 1 unspecified atom stereocenters. The Morgan fingerprint density at radius 2 is 1.79 bits per heavy atom. The van der Waals surface area contributed by atoms with E-state index in [0.29, 0.717) is 19.7 Å². The normalized spacial score (nSPS) is 12.5. The molecule has 2 aromatic carbocycles. The van der Waals surface area contributed by atoms with E-state index in [-0.39, 0.29) is 6.04 Å². The van der Waals surface area contributed by atoms with Crippen molar-refractivity contribution in [2.24, 2.45) is 0 Å². The van der Waals surface area contributed by atoms with Crippen molar-refractivity contribution < 1.29 is 17.9 Å². The van der Waals surface area contributed by atoms with E-state index in [2.05, 4.69) is 16.1 Å². The number of sulfonamides is 1. The third-order valence-electron chi connectivity index (χ3n) is 4.28. The lowest BCUT2D eigenvalue weighted by molar-refractivity contribution is 0.310. The van der Waals surface area contributed by atoms with E-state index in [1.165, 1.54) is 5.56 Å². The van der Waals surface area contributed by atoms with Crippen LogP contribution in [0.25, 0.3) is 0 Å². The first-order valence-corrected chi connectivity index (χ1v) is 11.3. The zero-order valence-electron chi connectivity index (χ0n) is 16.8. The number of methoxy groups -OCH3 is 1. The first-order chi connectivity index (χ1) is 13.4. The molecule has 0 aliphatic rings. The summed E-state index contributed by atoms with van der Waals surface area (Å²) in [5.41, 5.74) is 2.31. The lowest BCUT2D eigenvalue weighted by Gasteiger charge is -2.14. The predicted molar refractivity (Wildman–Crippen MR) is 112 cm³/mol. The highest BCUT2D eigenvalue weighted by Crippen LogP contribution is 2.19. The number of benzene rings is 2. The number of nitrogens with one attached hydrogen (secondary N) is 2. The molecule has 1 atom stereocenters. The van der Waals surface area contributed by atoms with Crippen LogP contribution in [0.2, 0.25) is 0 Å². The molecule has 0 spiro atoms. The zero-order chi connectivity index (χ0) is 20.4. The summed E-state index contributed by atoms with van der Waals surface area (Å²) in [5.74, 6) is 1.76. The highest BCUT2D eigenvalue weighted by Gasteiger charge is 2.06. The van der Waals surface area contributed by atoms with Gasteiger partial charge in [0.1, 0.15) is 11.5 Å². The zero-order valence-corrected chi connectivity index (χ0v) is 17.6. The average molecular weight is 407 g/mol. The summed E-state index contributed by atoms with van der Waals surface area (Å²) in [4.78, 5) is 0. The van der Waals surface area contributed by atoms with Crippen LogP contribution in [0.5, 0.6) is 11.5 Å². The molecule has 0 radical (unpaired) electrons. The van der Waals surface area contributed by atoms with Gasteiger partial charge in [-0.2, -0.15) is 0 Å². The van der Waals surface area contributed by atoms with E-state index < -0.39 is 10.0 Å². The molecule has 0 aliphatic heterocycles. The Morgan fingerprint density at radius 3 is 2.46 bits per heavy atom. The van der Waals surface area contributed by atoms with E-state index >= 15 is 0 Å². The molecule has 0 bridgehead atoms. The minimum atomic E-state index is -3.15. The Kier molecular flexibility index (Phi) is 8.76. The maximum atomic E-state index is 11.1. The minimum Gasteiger partial charge on any atom is -0.496 e. The predicted octanol–water partition coefficient (Wildman–Crippen LogP) is 2.73. The van der Waals surface area contributed by atoms with Gasteiger partial charge in [0.05, 0.1) is 20.0 Å². The lowest BCUT2D eigenvalue weighted by Crippen LogP contribution is -2.38. The second-order valence-corrected chi connectivity index (χ2v) is 8.64. The molecule has 0 fully saturated rings. The van der Waals surface area contributed by atoms with Crippen molar-refractivity contribution in [2.45, 2.75) is 32.4 Å². The van der Waals surface area contributed by atoms with Crippen LogP contribution in [0, 0.1) is 0 Å². The largest absolute Gasteiger partial charge is 0.496 e. The Morgan fingerprint density at radius 1 is 1.07 bits per heavy atom. The molecule has 6 nitrogen and oxygen atoms in total. The highest BCUT2D eigenvalue weighted by atomic mass is 32.2. The fourth-order valence-corrected chi connectivity index (χ4v) is 3.26. The Balaban J connectivity index is 1.69. The van der Waals surface area contributed by atoms with Crippen molar-refractivity contribution in [1.29, 1.82) is 0 Å². The van der Waals surface area contributed by atoms with Gasteiger partial charge in [-0.1, -0.05) is 30.3 Å². The van der Waals surface area contributed by atoms with Gasteiger partial charge in [0.15, 0.2) is 0 Å². The van der Waals surface area contributed by atoms with Gasteiger partial charge >= 0.3 is 0 Å². The van der Waals surface area contributed by atoms with Crippen LogP contribution in [-0.2, 0) is 23.0 Å². The average Bonchev–Trinajstić information content (AvgIpc) is 2.68. The fourth-order valence-electron chi connectivity index (χ4n) is 2.71. The standard InChI is InChI=1S/C21H30N2O4S/c1-17(15-23-28(3,24)25)22-16-18-10-12-20(13-11-18)27-14-6-8-19-7-4-5-9-21(19)26-2/h4-5,7,9-13,17,22-23H,6,8,14-16H2,1-3H3. The molecule has 0 aromatic heterocycles. The van der Waals surface area contributed by atoms with Gasteiger partial charge in [0, 0.05) is 19.1 Å². The van der Waals surface area contributed by atoms with Gasteiger partial charge in [0.25, 0.3) is 0 Å². The molecule has 0 saturated heterocycles. The summed E-state index contributed by atoms with van der Waals surface area (Å²) >= 11 is 0.